The van der Waals surface area contributed by atoms with E-state index in [0.29, 0.717) is 74.7 Å². The van der Waals surface area contributed by atoms with E-state index in [1.54, 1.807) is 29.1 Å². The van der Waals surface area contributed by atoms with Crippen LogP contribution < -0.4 is 20.3 Å². The first-order valence-electron chi connectivity index (χ1n) is 14.0. The summed E-state index contributed by atoms with van der Waals surface area (Å²) in [5.74, 6) is 0.121. The van der Waals surface area contributed by atoms with Gasteiger partial charge in [-0.1, -0.05) is 12.6 Å². The summed E-state index contributed by atoms with van der Waals surface area (Å²) >= 11 is 0. The zero-order valence-electron chi connectivity index (χ0n) is 24.4. The molecule has 0 saturated carbocycles. The maximum atomic E-state index is 13.6. The van der Waals surface area contributed by atoms with Crippen molar-refractivity contribution >= 4 is 45.2 Å². The predicted octanol–water partition coefficient (Wildman–Crippen LogP) is 2.74. The van der Waals surface area contributed by atoms with E-state index in [4.69, 9.17) is 4.74 Å². The molecule has 42 heavy (non-hydrogen) atoms. The number of carbonyl (C=O) groups is 3. The van der Waals surface area contributed by atoms with Crippen LogP contribution in [0.1, 0.15) is 59.0 Å². The third kappa shape index (κ3) is 6.03. The van der Waals surface area contributed by atoms with Gasteiger partial charge in [-0.15, -0.1) is 0 Å². The summed E-state index contributed by atoms with van der Waals surface area (Å²) in [5, 5.41) is 9.85. The highest BCUT2D eigenvalue weighted by molar-refractivity contribution is 6.24. The highest BCUT2D eigenvalue weighted by Gasteiger charge is 2.33. The van der Waals surface area contributed by atoms with Crippen LogP contribution in [0.15, 0.2) is 54.2 Å². The number of hydrogen-bond acceptors (Lipinski definition) is 8. The molecule has 2 N–H and O–H groups in total. The molecule has 2 aliphatic heterocycles. The summed E-state index contributed by atoms with van der Waals surface area (Å²) in [6, 6.07) is 8.87. The summed E-state index contributed by atoms with van der Waals surface area (Å²) in [6.07, 6.45) is 5.48. The molecule has 1 aromatic carbocycles. The van der Waals surface area contributed by atoms with Crippen LogP contribution in [0.25, 0.3) is 11.3 Å². The van der Waals surface area contributed by atoms with Crippen molar-refractivity contribution in [1.82, 2.24) is 20.1 Å². The van der Waals surface area contributed by atoms with Crippen molar-refractivity contribution in [1.29, 1.82) is 0 Å². The number of anilines is 2. The monoisotopic (exact) mass is 585 g/mol. The first-order valence-corrected chi connectivity index (χ1v) is 15.0. The van der Waals surface area contributed by atoms with Crippen molar-refractivity contribution in [3.05, 3.63) is 66.0 Å². The number of amides is 2. The van der Waals surface area contributed by atoms with E-state index in [2.05, 4.69) is 32.3 Å². The van der Waals surface area contributed by atoms with Gasteiger partial charge in [-0.25, -0.2) is 4.68 Å². The highest BCUT2D eigenvalue weighted by Crippen LogP contribution is 2.38. The number of aryl methyl sites for hydroxylation is 2. The van der Waals surface area contributed by atoms with Crippen molar-refractivity contribution in [2.75, 3.05) is 23.4 Å². The van der Waals surface area contributed by atoms with E-state index in [1.165, 1.54) is 6.08 Å². The second-order valence-corrected chi connectivity index (χ2v) is 13.4. The van der Waals surface area contributed by atoms with Crippen LogP contribution in [0.4, 0.5) is 11.4 Å². The Morgan fingerprint density at radius 2 is 2.07 bits per heavy atom. The lowest BCUT2D eigenvalue weighted by molar-refractivity contribution is -0.117. The van der Waals surface area contributed by atoms with Crippen LogP contribution in [-0.2, 0) is 11.8 Å². The number of nitrogens with zero attached hydrogens (tertiary/aromatic N) is 5. The van der Waals surface area contributed by atoms with E-state index in [0.717, 1.165) is 19.3 Å². The van der Waals surface area contributed by atoms with Gasteiger partial charge in [0, 0.05) is 52.2 Å². The molecule has 2 aliphatic rings. The summed E-state index contributed by atoms with van der Waals surface area (Å²) in [4.78, 5) is 50.2. The molecule has 0 aliphatic carbocycles. The van der Waals surface area contributed by atoms with Crippen molar-refractivity contribution in [3.63, 3.8) is 0 Å². The second kappa shape index (κ2) is 11.7. The molecule has 1 atom stereocenters. The van der Waals surface area contributed by atoms with Gasteiger partial charge in [-0.05, 0) is 63.5 Å². The fourth-order valence-corrected chi connectivity index (χ4v) is 5.83. The number of carbonyl (C=O) groups excluding carboxylic acids is 3. The Labute approximate surface area is 247 Å². The van der Waals surface area contributed by atoms with Crippen LogP contribution in [0.5, 0.6) is 5.88 Å². The smallest absolute Gasteiger partial charge is 0.280 e. The second-order valence-electron chi connectivity index (χ2n) is 11.2. The minimum Gasteiger partial charge on any atom is -0.477 e. The Balaban J connectivity index is 1.52. The molecule has 0 saturated heterocycles. The van der Waals surface area contributed by atoms with Crippen molar-refractivity contribution in [2.45, 2.75) is 44.7 Å². The number of fused-ring (bicyclic) bond motifs is 7. The van der Waals surface area contributed by atoms with Crippen molar-refractivity contribution < 1.29 is 19.1 Å². The number of Topliss-reactive ketones (excluding diaryl/α,β-unsaturated/α-hetero) is 1. The molecule has 2 aromatic heterocycles. The lowest BCUT2D eigenvalue weighted by atomic mass is 10.0. The Morgan fingerprint density at radius 3 is 2.86 bits per heavy atom. The topological polar surface area (TPSA) is 131 Å². The number of pyridine rings is 1. The van der Waals surface area contributed by atoms with Gasteiger partial charge in [-0.2, -0.15) is 10.1 Å². The van der Waals surface area contributed by atoms with Crippen molar-refractivity contribution in [3.8, 4) is 17.1 Å². The number of benzene rings is 1. The third-order valence-electron chi connectivity index (χ3n) is 7.19. The summed E-state index contributed by atoms with van der Waals surface area (Å²) in [7, 11) is 2.38. The van der Waals surface area contributed by atoms with Crippen molar-refractivity contribution in [2.24, 2.45) is 12.0 Å². The summed E-state index contributed by atoms with van der Waals surface area (Å²) < 4.78 is 7.79. The zero-order chi connectivity index (χ0) is 30.0. The van der Waals surface area contributed by atoms with E-state index < -0.39 is 11.1 Å². The Kier molecular flexibility index (Phi) is 8.08. The van der Waals surface area contributed by atoms with E-state index in [-0.39, 0.29) is 18.1 Å². The number of para-hydroxylation sites is 1. The number of guanidine groups is 1. The molecule has 2 bridgehead atoms. The van der Waals surface area contributed by atoms with Gasteiger partial charge in [-0.3, -0.25) is 19.4 Å². The Hall–Kier alpha value is -4.58. The fraction of sp³-hybridized carbons (Fsp3) is 0.333. The zero-order valence-corrected chi connectivity index (χ0v) is 26.4. The standard InChI is InChI=1S/C30H35N7O4Si/c1-5-25(39)35-30(3,42)16-24(38)20-10-9-11-22-26(20)37-12-7-6-8-13-41-28-21(17-31-36(28)4)23-15-19(14-18(2)32-23)27(40)34-29(37)33-22/h5,9-11,14-15,17H,1,6-8,12-13,16H2,2-4,42H3,(H,35,39)(H,33,34,40). The number of nitrogens with one attached hydrogen (secondary N) is 2. The number of aliphatic imine (C=N–C) groups is 1. The fourth-order valence-electron chi connectivity index (χ4n) is 5.27. The molecule has 11 nitrogen and oxygen atoms in total. The van der Waals surface area contributed by atoms with Crippen LogP contribution >= 0.6 is 0 Å². The van der Waals surface area contributed by atoms with Crippen LogP contribution in [-0.4, -0.2) is 66.9 Å². The Morgan fingerprint density at radius 1 is 1.26 bits per heavy atom. The molecule has 5 rings (SSSR count). The van der Waals surface area contributed by atoms with Gasteiger partial charge < -0.3 is 20.3 Å². The predicted molar refractivity (Wildman–Crippen MR) is 165 cm³/mol. The summed E-state index contributed by atoms with van der Waals surface area (Å²) in [5.41, 5.74) is 4.24. The third-order valence-corrected chi connectivity index (χ3v) is 7.79. The maximum absolute atomic E-state index is 13.6. The lowest BCUT2D eigenvalue weighted by Crippen LogP contribution is -2.47. The van der Waals surface area contributed by atoms with Gasteiger partial charge in [0.05, 0.1) is 35.4 Å². The first-order chi connectivity index (χ1) is 20.1. The lowest BCUT2D eigenvalue weighted by Gasteiger charge is -2.26. The minimum absolute atomic E-state index is 0.104. The van der Waals surface area contributed by atoms with Gasteiger partial charge >= 0.3 is 0 Å². The number of ketones is 1. The quantitative estimate of drug-likeness (QED) is 0.266. The normalized spacial score (nSPS) is 17.5. The Bertz CT molecular complexity index is 1610. The molecule has 0 fully saturated rings. The molecule has 3 aromatic rings. The molecule has 218 valence electrons. The largest absolute Gasteiger partial charge is 0.477 e. The van der Waals surface area contributed by atoms with Gasteiger partial charge in [0.2, 0.25) is 17.7 Å². The van der Waals surface area contributed by atoms with Crippen LogP contribution in [0.3, 0.4) is 0 Å². The van der Waals surface area contributed by atoms with Crippen LogP contribution in [0, 0.1) is 6.92 Å². The van der Waals surface area contributed by atoms with E-state index >= 15 is 0 Å². The maximum Gasteiger partial charge on any atom is 0.280 e. The van der Waals surface area contributed by atoms with E-state index in [9.17, 15) is 14.4 Å². The highest BCUT2D eigenvalue weighted by atomic mass is 28.1. The van der Waals surface area contributed by atoms with Gasteiger partial charge in [0.1, 0.15) is 0 Å². The average molecular weight is 586 g/mol. The number of ether oxygens (including phenoxy) is 1. The molecule has 0 radical (unpaired) electrons. The number of hydrogen-bond donors (Lipinski definition) is 2. The molecule has 12 heteroatoms. The molecule has 4 heterocycles. The van der Waals surface area contributed by atoms with Gasteiger partial charge in [0.15, 0.2) is 5.78 Å². The SMILES string of the molecule is C=CC(=O)NC(C)([SiH3])CC(=O)c1cccc2c1N1CCCCCOc3c(cnn3C)-c3cc(cc(C)n3)C(=O)/N=C/1N2. The molecule has 2 amide bonds. The number of rotatable bonds is 5. The molecule has 0 spiro atoms. The van der Waals surface area contributed by atoms with Crippen LogP contribution in [0.2, 0.25) is 0 Å². The average Bonchev–Trinajstić information content (AvgIpc) is 3.48. The molecular weight excluding hydrogens is 550 g/mol. The minimum atomic E-state index is -0.648. The molecule has 1 unspecified atom stereocenters. The van der Waals surface area contributed by atoms with E-state index in [1.807, 2.05) is 37.9 Å². The molecular formula is C30H35N7O4Si. The number of aromatic nitrogens is 3. The van der Waals surface area contributed by atoms with Gasteiger partial charge in [0.25, 0.3) is 5.91 Å². The first kappa shape index (κ1) is 28.9. The summed E-state index contributed by atoms with van der Waals surface area (Å²) in [6.45, 7) is 8.24.